The molecule has 3 N–H and O–H groups in total. The number of carbonyl (C=O) groups excluding carboxylic acids is 1. The van der Waals surface area contributed by atoms with Gasteiger partial charge in [-0.2, -0.15) is 0 Å². The number of amides is 1. The minimum atomic E-state index is -0.595. The highest BCUT2D eigenvalue weighted by molar-refractivity contribution is 6.31. The molecule has 1 amide bonds. The summed E-state index contributed by atoms with van der Waals surface area (Å²) in [5, 5.41) is 13.5. The summed E-state index contributed by atoms with van der Waals surface area (Å²) >= 11 is 5.75. The normalized spacial score (nSPS) is 11.9. The zero-order chi connectivity index (χ0) is 14.4. The number of methoxy groups -OCH3 is 1. The zero-order valence-corrected chi connectivity index (χ0v) is 11.0. The molecule has 0 radical (unpaired) electrons. The molecule has 8 heteroatoms. The average Bonchev–Trinajstić information content (AvgIpc) is 2.35. The lowest BCUT2D eigenvalue weighted by Crippen LogP contribution is -2.28. The van der Waals surface area contributed by atoms with Crippen molar-refractivity contribution in [3.05, 3.63) is 33.3 Å². The van der Waals surface area contributed by atoms with E-state index in [4.69, 9.17) is 22.1 Å². The Morgan fingerprint density at radius 1 is 1.63 bits per heavy atom. The second-order valence-corrected chi connectivity index (χ2v) is 4.20. The predicted molar refractivity (Wildman–Crippen MR) is 71.2 cm³/mol. The molecule has 0 aliphatic rings. The van der Waals surface area contributed by atoms with E-state index in [1.54, 1.807) is 0 Å². The fourth-order valence-corrected chi connectivity index (χ4v) is 1.61. The topological polar surface area (TPSA) is 107 Å². The van der Waals surface area contributed by atoms with E-state index in [0.717, 1.165) is 0 Å². The molecule has 1 rings (SSSR count). The van der Waals surface area contributed by atoms with Crippen molar-refractivity contribution in [2.24, 2.45) is 5.73 Å². The van der Waals surface area contributed by atoms with E-state index in [9.17, 15) is 14.9 Å². The predicted octanol–water partition coefficient (Wildman–Crippen LogP) is 1.55. The van der Waals surface area contributed by atoms with E-state index >= 15 is 0 Å². The molecule has 0 heterocycles. The third kappa shape index (κ3) is 4.47. The van der Waals surface area contributed by atoms with Crippen molar-refractivity contribution in [2.45, 2.75) is 12.5 Å². The number of nitro groups is 1. The van der Waals surface area contributed by atoms with Crippen LogP contribution in [-0.4, -0.2) is 30.6 Å². The van der Waals surface area contributed by atoms with Gasteiger partial charge in [-0.1, -0.05) is 11.6 Å². The fourth-order valence-electron chi connectivity index (χ4n) is 1.44. The first-order chi connectivity index (χ1) is 8.97. The first-order valence-electron chi connectivity index (χ1n) is 5.44. The Morgan fingerprint density at radius 3 is 2.84 bits per heavy atom. The van der Waals surface area contributed by atoms with E-state index in [-0.39, 0.29) is 24.3 Å². The van der Waals surface area contributed by atoms with Gasteiger partial charge in [0.05, 0.1) is 17.4 Å². The zero-order valence-electron chi connectivity index (χ0n) is 10.3. The molecule has 0 fully saturated rings. The van der Waals surface area contributed by atoms with E-state index in [0.29, 0.717) is 5.02 Å². The third-order valence-corrected chi connectivity index (χ3v) is 2.67. The van der Waals surface area contributed by atoms with Gasteiger partial charge in [-0.05, 0) is 12.1 Å². The van der Waals surface area contributed by atoms with Gasteiger partial charge in [-0.25, -0.2) is 0 Å². The van der Waals surface area contributed by atoms with Gasteiger partial charge in [0, 0.05) is 24.7 Å². The van der Waals surface area contributed by atoms with Crippen molar-refractivity contribution < 1.29 is 14.5 Å². The van der Waals surface area contributed by atoms with Gasteiger partial charge in [0.25, 0.3) is 5.69 Å². The lowest BCUT2D eigenvalue weighted by Gasteiger charge is -2.12. The van der Waals surface area contributed by atoms with Crippen LogP contribution in [0, 0.1) is 10.1 Å². The summed E-state index contributed by atoms with van der Waals surface area (Å²) < 4.78 is 4.96. The van der Waals surface area contributed by atoms with Crippen LogP contribution in [0.4, 0.5) is 11.4 Å². The number of benzene rings is 1. The summed E-state index contributed by atoms with van der Waals surface area (Å²) in [5.74, 6) is -0.428. The summed E-state index contributed by atoms with van der Waals surface area (Å²) in [5.41, 5.74) is 5.22. The monoisotopic (exact) mass is 287 g/mol. The van der Waals surface area contributed by atoms with Crippen LogP contribution >= 0.6 is 11.6 Å². The van der Waals surface area contributed by atoms with E-state index in [1.807, 2.05) is 0 Å². The van der Waals surface area contributed by atoms with Gasteiger partial charge in [0.2, 0.25) is 5.91 Å². The summed E-state index contributed by atoms with van der Waals surface area (Å²) in [6.45, 7) is 0.182. The molecule has 1 unspecified atom stereocenters. The van der Waals surface area contributed by atoms with Crippen LogP contribution in [0.5, 0.6) is 0 Å². The van der Waals surface area contributed by atoms with Gasteiger partial charge in [0.1, 0.15) is 5.69 Å². The Kier molecular flexibility index (Phi) is 5.68. The van der Waals surface area contributed by atoms with Crippen molar-refractivity contribution in [1.29, 1.82) is 0 Å². The number of nitrogens with two attached hydrogens (primary N) is 1. The van der Waals surface area contributed by atoms with E-state index in [2.05, 4.69) is 5.32 Å². The summed E-state index contributed by atoms with van der Waals surface area (Å²) in [6.07, 6.45) is -0.422. The molecule has 104 valence electrons. The minimum Gasteiger partial charge on any atom is -0.380 e. The Labute approximate surface area is 114 Å². The number of nitro benzene ring substituents is 1. The number of rotatable bonds is 6. The van der Waals surface area contributed by atoms with Gasteiger partial charge >= 0.3 is 0 Å². The molecule has 0 saturated carbocycles. The van der Waals surface area contributed by atoms with Crippen LogP contribution < -0.4 is 11.1 Å². The molecule has 1 aromatic carbocycles. The molecule has 0 spiro atoms. The quantitative estimate of drug-likeness (QED) is 0.609. The molecule has 0 bridgehead atoms. The second kappa shape index (κ2) is 7.03. The molecule has 1 aromatic rings. The molecule has 0 aromatic heterocycles. The lowest BCUT2D eigenvalue weighted by molar-refractivity contribution is -0.383. The minimum absolute atomic E-state index is 0.0106. The van der Waals surface area contributed by atoms with Crippen LogP contribution in [0.1, 0.15) is 6.42 Å². The van der Waals surface area contributed by atoms with E-state index < -0.39 is 16.9 Å². The number of ether oxygens (including phenoxy) is 1. The van der Waals surface area contributed by atoms with Crippen LogP contribution in [0.3, 0.4) is 0 Å². The Bertz CT molecular complexity index is 477. The highest BCUT2D eigenvalue weighted by Crippen LogP contribution is 2.27. The van der Waals surface area contributed by atoms with Crippen molar-refractivity contribution in [3.63, 3.8) is 0 Å². The SMILES string of the molecule is COC(CN)CC(=O)Nc1cc(Cl)ccc1[N+](=O)[O-]. The number of halogens is 1. The van der Waals surface area contributed by atoms with Crippen molar-refractivity contribution in [3.8, 4) is 0 Å². The maximum atomic E-state index is 11.7. The Morgan fingerprint density at radius 2 is 2.32 bits per heavy atom. The number of anilines is 1. The second-order valence-electron chi connectivity index (χ2n) is 3.76. The third-order valence-electron chi connectivity index (χ3n) is 2.44. The van der Waals surface area contributed by atoms with Gasteiger partial charge in [0.15, 0.2) is 0 Å². The number of hydrogen-bond acceptors (Lipinski definition) is 5. The Balaban J connectivity index is 2.83. The lowest BCUT2D eigenvalue weighted by atomic mass is 10.2. The summed E-state index contributed by atoms with van der Waals surface area (Å²) in [6, 6.07) is 3.93. The average molecular weight is 288 g/mol. The highest BCUT2D eigenvalue weighted by atomic mass is 35.5. The molecular formula is C11H14ClN3O4. The number of hydrogen-bond donors (Lipinski definition) is 2. The van der Waals surface area contributed by atoms with Gasteiger partial charge in [-0.15, -0.1) is 0 Å². The molecule has 1 atom stereocenters. The number of nitrogens with zero attached hydrogens (tertiary/aromatic N) is 1. The fraction of sp³-hybridized carbons (Fsp3) is 0.364. The molecule has 0 aliphatic carbocycles. The van der Waals surface area contributed by atoms with Gasteiger partial charge < -0.3 is 15.8 Å². The summed E-state index contributed by atoms with van der Waals surface area (Å²) in [7, 11) is 1.44. The number of carbonyl (C=O) groups is 1. The number of nitrogens with one attached hydrogen (secondary N) is 1. The van der Waals surface area contributed by atoms with Gasteiger partial charge in [-0.3, -0.25) is 14.9 Å². The largest absolute Gasteiger partial charge is 0.380 e. The Hall–Kier alpha value is -1.70. The molecule has 0 saturated heterocycles. The molecule has 19 heavy (non-hydrogen) atoms. The highest BCUT2D eigenvalue weighted by Gasteiger charge is 2.18. The van der Waals surface area contributed by atoms with E-state index in [1.165, 1.54) is 25.3 Å². The van der Waals surface area contributed by atoms with Crippen LogP contribution in [-0.2, 0) is 9.53 Å². The van der Waals surface area contributed by atoms with Crippen LogP contribution in [0.25, 0.3) is 0 Å². The van der Waals surface area contributed by atoms with Crippen molar-refractivity contribution >= 4 is 28.9 Å². The van der Waals surface area contributed by atoms with Crippen molar-refractivity contribution in [2.75, 3.05) is 19.0 Å². The summed E-state index contributed by atoms with van der Waals surface area (Å²) in [4.78, 5) is 21.9. The standard InChI is InChI=1S/C11H14ClN3O4/c1-19-8(6-13)5-11(16)14-9-4-7(12)2-3-10(9)15(17)18/h2-4,8H,5-6,13H2,1H3,(H,14,16). The first-order valence-corrected chi connectivity index (χ1v) is 5.82. The molecule has 0 aliphatic heterocycles. The first kappa shape index (κ1) is 15.4. The van der Waals surface area contributed by atoms with Crippen LogP contribution in [0.15, 0.2) is 18.2 Å². The molecular weight excluding hydrogens is 274 g/mol. The van der Waals surface area contributed by atoms with Crippen LogP contribution in [0.2, 0.25) is 5.02 Å². The maximum absolute atomic E-state index is 11.7. The maximum Gasteiger partial charge on any atom is 0.292 e. The molecule has 7 nitrogen and oxygen atoms in total. The smallest absolute Gasteiger partial charge is 0.292 e. The van der Waals surface area contributed by atoms with Crippen molar-refractivity contribution in [1.82, 2.24) is 0 Å².